The Kier molecular flexibility index (Phi) is 13.6. The molecular formula is C41H48ClN9O6. The third kappa shape index (κ3) is 10.2. The van der Waals surface area contributed by atoms with Crippen molar-refractivity contribution in [1.29, 1.82) is 5.26 Å². The second-order valence-corrected chi connectivity index (χ2v) is 15.0. The van der Waals surface area contributed by atoms with Crippen molar-refractivity contribution in [2.24, 2.45) is 0 Å². The molecule has 6 rings (SSSR count). The van der Waals surface area contributed by atoms with E-state index in [1.807, 2.05) is 18.2 Å². The third-order valence-corrected chi connectivity index (χ3v) is 11.1. The predicted octanol–water partition coefficient (Wildman–Crippen LogP) is 4.43. The minimum atomic E-state index is -1.01. The van der Waals surface area contributed by atoms with Crippen LogP contribution < -0.4 is 25.2 Å². The number of piperidine rings is 1. The Morgan fingerprint density at radius 3 is 2.51 bits per heavy atom. The topological polar surface area (TPSA) is 172 Å². The van der Waals surface area contributed by atoms with Crippen molar-refractivity contribution < 1.29 is 28.7 Å². The van der Waals surface area contributed by atoms with Gasteiger partial charge in [-0.3, -0.25) is 34.3 Å². The second-order valence-electron chi connectivity index (χ2n) is 14.6. The van der Waals surface area contributed by atoms with Crippen LogP contribution >= 0.6 is 11.6 Å². The number of carbonyl (C=O) groups is 5. The molecule has 3 aromatic rings. The van der Waals surface area contributed by atoms with Crippen molar-refractivity contribution in [1.82, 2.24) is 25.0 Å². The molecule has 0 spiro atoms. The summed E-state index contributed by atoms with van der Waals surface area (Å²) >= 11 is 6.24. The molecule has 0 aliphatic carbocycles. The number of rotatable bonds is 13. The monoisotopic (exact) mass is 797 g/mol. The SMILES string of the molecule is Cc1ccc(N2CCN(CCCCCOc3ccc(NC(=O)N4CCN(c5ccc(C#N)c(Cl)c5)C(C)C4)cn3)CC2)cc1C(=O)N(C=O)C1CCC(=O)NC1=O. The Hall–Kier alpha value is -5.72. The number of ether oxygens (including phenoxy) is 1. The number of halogens is 1. The lowest BCUT2D eigenvalue weighted by molar-refractivity contribution is -0.139. The van der Waals surface area contributed by atoms with E-state index in [2.05, 4.69) is 43.3 Å². The number of hydrogen-bond donors (Lipinski definition) is 2. The van der Waals surface area contributed by atoms with Gasteiger partial charge in [0.15, 0.2) is 0 Å². The Morgan fingerprint density at radius 1 is 1.04 bits per heavy atom. The number of benzene rings is 2. The molecule has 0 saturated carbocycles. The fourth-order valence-corrected chi connectivity index (χ4v) is 7.67. The molecule has 3 fully saturated rings. The van der Waals surface area contributed by atoms with Gasteiger partial charge in [0.1, 0.15) is 12.1 Å². The van der Waals surface area contributed by atoms with Gasteiger partial charge in [-0.05, 0) is 88.0 Å². The Bertz CT molecular complexity index is 2000. The number of imide groups is 2. The predicted molar refractivity (Wildman–Crippen MR) is 215 cm³/mol. The first kappa shape index (κ1) is 40.9. The average molecular weight is 798 g/mol. The Morgan fingerprint density at radius 2 is 1.82 bits per heavy atom. The number of pyridine rings is 1. The first-order valence-corrected chi connectivity index (χ1v) is 19.7. The van der Waals surface area contributed by atoms with Gasteiger partial charge in [0.05, 0.1) is 29.1 Å². The summed E-state index contributed by atoms with van der Waals surface area (Å²) in [6.07, 6.45) is 5.07. The van der Waals surface area contributed by atoms with Gasteiger partial charge in [-0.25, -0.2) is 9.78 Å². The number of urea groups is 1. The van der Waals surface area contributed by atoms with Crippen LogP contribution in [0.4, 0.5) is 21.9 Å². The number of piperazine rings is 2. The van der Waals surface area contributed by atoms with Crippen LogP contribution in [0.5, 0.6) is 5.88 Å². The van der Waals surface area contributed by atoms with E-state index in [-0.39, 0.29) is 24.9 Å². The third-order valence-electron chi connectivity index (χ3n) is 10.8. The number of unbranched alkanes of at least 4 members (excludes halogenated alkanes) is 2. The number of nitriles is 1. The number of aryl methyl sites for hydroxylation is 1. The fourth-order valence-electron chi connectivity index (χ4n) is 7.45. The van der Waals surface area contributed by atoms with E-state index in [4.69, 9.17) is 21.6 Å². The molecule has 15 nitrogen and oxygen atoms in total. The molecule has 2 unspecified atom stereocenters. The van der Waals surface area contributed by atoms with E-state index in [1.165, 1.54) is 0 Å². The van der Waals surface area contributed by atoms with Crippen molar-refractivity contribution in [2.45, 2.75) is 58.0 Å². The quantitative estimate of drug-likeness (QED) is 0.142. The molecule has 3 aliphatic rings. The average Bonchev–Trinajstić information content (AvgIpc) is 3.21. The van der Waals surface area contributed by atoms with Crippen molar-refractivity contribution in [3.05, 3.63) is 76.4 Å². The number of aromatic nitrogens is 1. The Balaban J connectivity index is 0.866. The zero-order valence-corrected chi connectivity index (χ0v) is 33.0. The summed E-state index contributed by atoms with van der Waals surface area (Å²) in [5, 5.41) is 14.7. The highest BCUT2D eigenvalue weighted by molar-refractivity contribution is 6.32. The van der Waals surface area contributed by atoms with Crippen molar-refractivity contribution in [3.8, 4) is 11.9 Å². The van der Waals surface area contributed by atoms with Crippen LogP contribution in [0.1, 0.15) is 60.5 Å². The first-order valence-electron chi connectivity index (χ1n) is 19.3. The van der Waals surface area contributed by atoms with Gasteiger partial charge >= 0.3 is 6.03 Å². The van der Waals surface area contributed by atoms with Crippen LogP contribution in [-0.4, -0.2) is 121 Å². The zero-order chi connectivity index (χ0) is 40.5. The van der Waals surface area contributed by atoms with Gasteiger partial charge in [0.2, 0.25) is 24.1 Å². The summed E-state index contributed by atoms with van der Waals surface area (Å²) in [6, 6.07) is 15.5. The van der Waals surface area contributed by atoms with Crippen molar-refractivity contribution in [3.63, 3.8) is 0 Å². The normalized spacial score (nSPS) is 18.7. The molecule has 1 aromatic heterocycles. The highest BCUT2D eigenvalue weighted by atomic mass is 35.5. The molecule has 2 N–H and O–H groups in total. The van der Waals surface area contributed by atoms with Crippen molar-refractivity contribution >= 4 is 58.8 Å². The minimum Gasteiger partial charge on any atom is -0.478 e. The number of anilines is 3. The van der Waals surface area contributed by atoms with Gasteiger partial charge in [-0.1, -0.05) is 17.7 Å². The molecule has 4 heterocycles. The standard InChI is InChI=1S/C41H48ClN9O6/c1-28-6-9-32(22-34(28)40(55)51(27-52)36-11-12-37(53)46-39(36)54)48-17-15-47(16-18-48)14-4-3-5-21-57-38-13-8-31(25-44-38)45-41(56)49-19-20-50(29(2)26-49)33-10-7-30(24-43)35(42)23-33/h6-10,13,22-23,25,27,29,36H,3-5,11-12,14-21,26H2,1-2H3,(H,45,56)(H,46,53,54). The number of carbonyl (C=O) groups excluding carboxylic acids is 5. The van der Waals surface area contributed by atoms with E-state index in [9.17, 15) is 24.0 Å². The molecule has 0 radical (unpaired) electrons. The summed E-state index contributed by atoms with van der Waals surface area (Å²) in [7, 11) is 0. The van der Waals surface area contributed by atoms with E-state index in [0.717, 1.165) is 68.3 Å². The minimum absolute atomic E-state index is 0.0609. The summed E-state index contributed by atoms with van der Waals surface area (Å²) < 4.78 is 5.86. The Labute approximate surface area is 337 Å². The van der Waals surface area contributed by atoms with E-state index in [1.54, 1.807) is 48.4 Å². The summed E-state index contributed by atoms with van der Waals surface area (Å²) in [6.45, 7) is 10.4. The summed E-state index contributed by atoms with van der Waals surface area (Å²) in [5.41, 5.74) is 3.90. The lowest BCUT2D eigenvalue weighted by Gasteiger charge is -2.41. The van der Waals surface area contributed by atoms with Crippen LogP contribution in [0.15, 0.2) is 54.7 Å². The van der Waals surface area contributed by atoms with E-state index >= 15 is 0 Å². The molecule has 57 heavy (non-hydrogen) atoms. The van der Waals surface area contributed by atoms with Gasteiger partial charge in [-0.2, -0.15) is 5.26 Å². The molecule has 16 heteroatoms. The van der Waals surface area contributed by atoms with Crippen LogP contribution in [-0.2, 0) is 14.4 Å². The maximum Gasteiger partial charge on any atom is 0.322 e. The molecule has 6 amide bonds. The molecule has 300 valence electrons. The van der Waals surface area contributed by atoms with Crippen LogP contribution in [0.2, 0.25) is 5.02 Å². The van der Waals surface area contributed by atoms with Gasteiger partial charge in [-0.15, -0.1) is 0 Å². The highest BCUT2D eigenvalue weighted by Gasteiger charge is 2.35. The lowest BCUT2D eigenvalue weighted by Crippen LogP contribution is -2.54. The van der Waals surface area contributed by atoms with Gasteiger partial charge in [0, 0.05) is 81.3 Å². The number of nitrogens with zero attached hydrogens (tertiary/aromatic N) is 7. The number of nitrogens with one attached hydrogen (secondary N) is 2. The molecular weight excluding hydrogens is 750 g/mol. The maximum absolute atomic E-state index is 13.4. The fraction of sp³-hybridized carbons (Fsp3) is 0.439. The van der Waals surface area contributed by atoms with Gasteiger partial charge < -0.3 is 24.8 Å². The molecule has 2 atom stereocenters. The number of hydrogen-bond acceptors (Lipinski definition) is 11. The van der Waals surface area contributed by atoms with Crippen molar-refractivity contribution in [2.75, 3.05) is 74.1 Å². The summed E-state index contributed by atoms with van der Waals surface area (Å²) in [4.78, 5) is 76.2. The van der Waals surface area contributed by atoms with Crippen LogP contribution in [0.25, 0.3) is 0 Å². The first-order chi connectivity index (χ1) is 27.5. The summed E-state index contributed by atoms with van der Waals surface area (Å²) in [5.74, 6) is -1.09. The maximum atomic E-state index is 13.4. The largest absolute Gasteiger partial charge is 0.478 e. The number of amides is 6. The van der Waals surface area contributed by atoms with E-state index in [0.29, 0.717) is 65.9 Å². The molecule has 3 saturated heterocycles. The molecule has 0 bridgehead atoms. The highest BCUT2D eigenvalue weighted by Crippen LogP contribution is 2.27. The lowest BCUT2D eigenvalue weighted by atomic mass is 10.0. The molecule has 3 aliphatic heterocycles. The van der Waals surface area contributed by atoms with Crippen LogP contribution in [0, 0.1) is 18.3 Å². The molecule has 2 aromatic carbocycles. The van der Waals surface area contributed by atoms with Crippen LogP contribution in [0.3, 0.4) is 0 Å². The zero-order valence-electron chi connectivity index (χ0n) is 32.3. The van der Waals surface area contributed by atoms with Gasteiger partial charge in [0.25, 0.3) is 5.91 Å². The van der Waals surface area contributed by atoms with E-state index < -0.39 is 23.8 Å². The smallest absolute Gasteiger partial charge is 0.322 e. The second kappa shape index (κ2) is 18.9.